The van der Waals surface area contributed by atoms with Crippen molar-refractivity contribution in [2.24, 2.45) is 5.92 Å². The van der Waals surface area contributed by atoms with E-state index in [0.717, 1.165) is 19.4 Å². The lowest BCUT2D eigenvalue weighted by molar-refractivity contribution is -0.0181. The maximum Gasteiger partial charge on any atom is 0.128 e. The van der Waals surface area contributed by atoms with Crippen LogP contribution in [0.2, 0.25) is 0 Å². The smallest absolute Gasteiger partial charge is 0.128 e. The average molecular weight is 265 g/mol. The van der Waals surface area contributed by atoms with Gasteiger partial charge in [-0.05, 0) is 37.8 Å². The second-order valence-electron chi connectivity index (χ2n) is 5.52. The molecule has 0 radical (unpaired) electrons. The first kappa shape index (κ1) is 14.5. The fourth-order valence-corrected chi connectivity index (χ4v) is 2.82. The van der Waals surface area contributed by atoms with E-state index in [1.165, 1.54) is 12.5 Å². The molecule has 3 unspecified atom stereocenters. The largest absolute Gasteiger partial charge is 0.372 e. The predicted octanol–water partition coefficient (Wildman–Crippen LogP) is 3.51. The van der Waals surface area contributed by atoms with Crippen LogP contribution in [0.3, 0.4) is 0 Å². The van der Waals surface area contributed by atoms with Crippen LogP contribution in [0.15, 0.2) is 24.3 Å². The molecule has 0 aliphatic heterocycles. The number of rotatable bonds is 5. The van der Waals surface area contributed by atoms with Gasteiger partial charge in [-0.3, -0.25) is 0 Å². The third kappa shape index (κ3) is 4.02. The van der Waals surface area contributed by atoms with Crippen molar-refractivity contribution in [1.82, 2.24) is 5.32 Å². The Morgan fingerprint density at radius 1 is 1.32 bits per heavy atom. The van der Waals surface area contributed by atoms with Crippen molar-refractivity contribution in [2.45, 2.75) is 51.9 Å². The van der Waals surface area contributed by atoms with Crippen LogP contribution in [0.1, 0.15) is 38.7 Å². The van der Waals surface area contributed by atoms with Gasteiger partial charge < -0.3 is 10.1 Å². The Morgan fingerprint density at radius 3 is 2.84 bits per heavy atom. The Kier molecular flexibility index (Phi) is 5.34. The van der Waals surface area contributed by atoms with Crippen LogP contribution < -0.4 is 5.32 Å². The second-order valence-corrected chi connectivity index (χ2v) is 5.52. The Bertz CT molecular complexity index is 396. The summed E-state index contributed by atoms with van der Waals surface area (Å²) in [7, 11) is 0. The zero-order chi connectivity index (χ0) is 13.7. The molecule has 0 heterocycles. The van der Waals surface area contributed by atoms with Crippen LogP contribution in [0.4, 0.5) is 4.39 Å². The van der Waals surface area contributed by atoms with Gasteiger partial charge in [-0.1, -0.05) is 32.0 Å². The van der Waals surface area contributed by atoms with E-state index in [4.69, 9.17) is 4.74 Å². The fraction of sp³-hybridized carbons (Fsp3) is 0.625. The molecule has 0 saturated heterocycles. The molecular formula is C16H24FNO. The average Bonchev–Trinajstić information content (AvgIpc) is 2.41. The van der Waals surface area contributed by atoms with Gasteiger partial charge in [-0.15, -0.1) is 0 Å². The zero-order valence-corrected chi connectivity index (χ0v) is 11.9. The third-order valence-corrected chi connectivity index (χ3v) is 3.93. The topological polar surface area (TPSA) is 21.3 Å². The summed E-state index contributed by atoms with van der Waals surface area (Å²) in [6.07, 6.45) is 3.66. The highest BCUT2D eigenvalue weighted by atomic mass is 19.1. The summed E-state index contributed by atoms with van der Waals surface area (Å²) in [4.78, 5) is 0. The SMILES string of the molecule is CCNC1CCC(C)CC1OCc1ccccc1F. The second kappa shape index (κ2) is 7.01. The molecule has 0 aromatic heterocycles. The molecule has 3 heteroatoms. The van der Waals surface area contributed by atoms with Crippen molar-refractivity contribution in [1.29, 1.82) is 0 Å². The molecule has 0 spiro atoms. The summed E-state index contributed by atoms with van der Waals surface area (Å²) in [5.74, 6) is 0.520. The highest BCUT2D eigenvalue weighted by Gasteiger charge is 2.28. The third-order valence-electron chi connectivity index (χ3n) is 3.93. The van der Waals surface area contributed by atoms with E-state index in [2.05, 4.69) is 19.2 Å². The molecular weight excluding hydrogens is 241 g/mol. The van der Waals surface area contributed by atoms with Crippen LogP contribution in [0.25, 0.3) is 0 Å². The van der Waals surface area contributed by atoms with Crippen LogP contribution >= 0.6 is 0 Å². The van der Waals surface area contributed by atoms with Gasteiger partial charge >= 0.3 is 0 Å². The molecule has 1 aromatic rings. The standard InChI is InChI=1S/C16H24FNO/c1-3-18-15-9-8-12(2)10-16(15)19-11-13-6-4-5-7-14(13)17/h4-7,12,15-16,18H,3,8-11H2,1-2H3. The normalized spacial score (nSPS) is 27.4. The molecule has 1 aliphatic rings. The molecule has 1 aromatic carbocycles. The van der Waals surface area contributed by atoms with Gasteiger partial charge in [0, 0.05) is 11.6 Å². The summed E-state index contributed by atoms with van der Waals surface area (Å²) in [6, 6.07) is 7.26. The van der Waals surface area contributed by atoms with Gasteiger partial charge in [0.1, 0.15) is 5.82 Å². The molecule has 3 atom stereocenters. The van der Waals surface area contributed by atoms with Crippen molar-refractivity contribution in [3.05, 3.63) is 35.6 Å². The lowest BCUT2D eigenvalue weighted by Crippen LogP contribution is -2.45. The Morgan fingerprint density at radius 2 is 2.11 bits per heavy atom. The van der Waals surface area contributed by atoms with Gasteiger partial charge in [0.25, 0.3) is 0 Å². The number of hydrogen-bond donors (Lipinski definition) is 1. The highest BCUT2D eigenvalue weighted by Crippen LogP contribution is 2.27. The van der Waals surface area contributed by atoms with E-state index in [-0.39, 0.29) is 11.9 Å². The fourth-order valence-electron chi connectivity index (χ4n) is 2.82. The lowest BCUT2D eigenvalue weighted by Gasteiger charge is -2.35. The number of halogens is 1. The summed E-state index contributed by atoms with van der Waals surface area (Å²) in [5, 5.41) is 3.49. The van der Waals surface area contributed by atoms with Crippen LogP contribution in [0.5, 0.6) is 0 Å². The highest BCUT2D eigenvalue weighted by molar-refractivity contribution is 5.16. The van der Waals surface area contributed by atoms with Gasteiger partial charge in [-0.25, -0.2) is 4.39 Å². The van der Waals surface area contributed by atoms with Gasteiger partial charge in [0.05, 0.1) is 12.7 Å². The maximum atomic E-state index is 13.6. The molecule has 19 heavy (non-hydrogen) atoms. The molecule has 0 amide bonds. The summed E-state index contributed by atoms with van der Waals surface area (Å²) >= 11 is 0. The Hall–Kier alpha value is -0.930. The maximum absolute atomic E-state index is 13.6. The number of likely N-dealkylation sites (N-methyl/N-ethyl adjacent to an activating group) is 1. The minimum absolute atomic E-state index is 0.175. The first-order valence-electron chi connectivity index (χ1n) is 7.29. The Balaban J connectivity index is 1.93. The van der Waals surface area contributed by atoms with Gasteiger partial charge in [0.2, 0.25) is 0 Å². The molecule has 1 fully saturated rings. The molecule has 1 aliphatic carbocycles. The molecule has 0 bridgehead atoms. The Labute approximate surface area is 115 Å². The van der Waals surface area contributed by atoms with Gasteiger partial charge in [-0.2, -0.15) is 0 Å². The van der Waals surface area contributed by atoms with Crippen molar-refractivity contribution in [3.63, 3.8) is 0 Å². The number of nitrogens with one attached hydrogen (secondary N) is 1. The number of ether oxygens (including phenoxy) is 1. The molecule has 2 rings (SSSR count). The monoisotopic (exact) mass is 265 g/mol. The summed E-state index contributed by atoms with van der Waals surface area (Å²) in [6.45, 7) is 5.71. The van der Waals surface area contributed by atoms with E-state index in [9.17, 15) is 4.39 Å². The van der Waals surface area contributed by atoms with Crippen molar-refractivity contribution in [3.8, 4) is 0 Å². The predicted molar refractivity (Wildman–Crippen MR) is 75.5 cm³/mol. The quantitative estimate of drug-likeness (QED) is 0.879. The van der Waals surface area contributed by atoms with E-state index in [1.807, 2.05) is 6.07 Å². The molecule has 106 valence electrons. The summed E-state index contributed by atoms with van der Waals surface area (Å²) in [5.41, 5.74) is 0.649. The molecule has 1 saturated carbocycles. The molecule has 2 nitrogen and oxygen atoms in total. The van der Waals surface area contributed by atoms with E-state index >= 15 is 0 Å². The van der Waals surface area contributed by atoms with Crippen molar-refractivity contribution >= 4 is 0 Å². The number of hydrogen-bond acceptors (Lipinski definition) is 2. The van der Waals surface area contributed by atoms with Crippen LogP contribution in [0, 0.1) is 11.7 Å². The minimum atomic E-state index is -0.175. The van der Waals surface area contributed by atoms with E-state index in [0.29, 0.717) is 24.1 Å². The zero-order valence-electron chi connectivity index (χ0n) is 11.9. The van der Waals surface area contributed by atoms with E-state index < -0.39 is 0 Å². The minimum Gasteiger partial charge on any atom is -0.372 e. The first-order valence-corrected chi connectivity index (χ1v) is 7.29. The lowest BCUT2D eigenvalue weighted by atomic mass is 9.85. The van der Waals surface area contributed by atoms with Crippen LogP contribution in [-0.4, -0.2) is 18.7 Å². The van der Waals surface area contributed by atoms with Crippen molar-refractivity contribution in [2.75, 3.05) is 6.54 Å². The first-order chi connectivity index (χ1) is 9.20. The summed E-state index contributed by atoms with van der Waals surface area (Å²) < 4.78 is 19.6. The van der Waals surface area contributed by atoms with Crippen molar-refractivity contribution < 1.29 is 9.13 Å². The van der Waals surface area contributed by atoms with E-state index in [1.54, 1.807) is 12.1 Å². The number of benzene rings is 1. The molecule has 1 N–H and O–H groups in total. The van der Waals surface area contributed by atoms with Crippen LogP contribution in [-0.2, 0) is 11.3 Å². The van der Waals surface area contributed by atoms with Gasteiger partial charge in [0.15, 0.2) is 0 Å².